The molecule has 0 spiro atoms. The summed E-state index contributed by atoms with van der Waals surface area (Å²) in [7, 11) is 0. The summed E-state index contributed by atoms with van der Waals surface area (Å²) in [5, 5.41) is 0. The van der Waals surface area contributed by atoms with Crippen LogP contribution in [0.3, 0.4) is 0 Å². The number of halogens is 2. The maximum Gasteiger partial charge on any atom is 0.387 e. The lowest BCUT2D eigenvalue weighted by atomic mass is 10.1. The molecular formula is C10H9F2NO. The summed E-state index contributed by atoms with van der Waals surface area (Å²) < 4.78 is 27.9. The lowest BCUT2D eigenvalue weighted by molar-refractivity contribution is -0.0498. The molecule has 0 fully saturated rings. The van der Waals surface area contributed by atoms with Gasteiger partial charge in [-0.05, 0) is 17.7 Å². The van der Waals surface area contributed by atoms with Crippen molar-refractivity contribution in [2.75, 3.05) is 0 Å². The molecule has 0 saturated heterocycles. The smallest absolute Gasteiger partial charge is 0.387 e. The van der Waals surface area contributed by atoms with Gasteiger partial charge in [0.05, 0.1) is 6.04 Å². The lowest BCUT2D eigenvalue weighted by Crippen LogP contribution is -2.08. The zero-order valence-electron chi connectivity index (χ0n) is 7.28. The van der Waals surface area contributed by atoms with Crippen LogP contribution in [0.15, 0.2) is 24.3 Å². The van der Waals surface area contributed by atoms with Gasteiger partial charge in [0.25, 0.3) is 0 Å². The van der Waals surface area contributed by atoms with Crippen LogP contribution in [0.4, 0.5) is 8.78 Å². The third-order valence-electron chi connectivity index (χ3n) is 1.62. The van der Waals surface area contributed by atoms with Gasteiger partial charge in [0, 0.05) is 0 Å². The SMILES string of the molecule is C#CC(N)c1cccc(OC(F)F)c1. The van der Waals surface area contributed by atoms with Gasteiger partial charge in [0.2, 0.25) is 0 Å². The highest BCUT2D eigenvalue weighted by Gasteiger charge is 2.06. The van der Waals surface area contributed by atoms with E-state index in [9.17, 15) is 8.78 Å². The van der Waals surface area contributed by atoms with Crippen LogP contribution in [0.25, 0.3) is 0 Å². The number of rotatable bonds is 3. The Morgan fingerprint density at radius 3 is 2.71 bits per heavy atom. The highest BCUT2D eigenvalue weighted by atomic mass is 19.3. The predicted octanol–water partition coefficient (Wildman–Crippen LogP) is 1.92. The normalized spacial score (nSPS) is 12.2. The van der Waals surface area contributed by atoms with Crippen LogP contribution >= 0.6 is 0 Å². The fraction of sp³-hybridized carbons (Fsp3) is 0.200. The van der Waals surface area contributed by atoms with E-state index in [1.165, 1.54) is 12.1 Å². The summed E-state index contributed by atoms with van der Waals surface area (Å²) in [4.78, 5) is 0. The zero-order chi connectivity index (χ0) is 10.6. The number of nitrogens with two attached hydrogens (primary N) is 1. The summed E-state index contributed by atoms with van der Waals surface area (Å²) in [6.45, 7) is -2.84. The molecule has 1 unspecified atom stereocenters. The van der Waals surface area contributed by atoms with Crippen molar-refractivity contribution in [1.82, 2.24) is 0 Å². The van der Waals surface area contributed by atoms with Crippen molar-refractivity contribution in [2.24, 2.45) is 5.73 Å². The van der Waals surface area contributed by atoms with E-state index in [-0.39, 0.29) is 5.75 Å². The Labute approximate surface area is 80.7 Å². The van der Waals surface area contributed by atoms with Crippen molar-refractivity contribution in [3.63, 3.8) is 0 Å². The largest absolute Gasteiger partial charge is 0.435 e. The predicted molar refractivity (Wildman–Crippen MR) is 48.8 cm³/mol. The number of hydrogen-bond donors (Lipinski definition) is 1. The van der Waals surface area contributed by atoms with Crippen molar-refractivity contribution in [3.05, 3.63) is 29.8 Å². The summed E-state index contributed by atoms with van der Waals surface area (Å²) >= 11 is 0. The Morgan fingerprint density at radius 2 is 2.14 bits per heavy atom. The Morgan fingerprint density at radius 1 is 1.43 bits per heavy atom. The molecule has 0 aliphatic rings. The van der Waals surface area contributed by atoms with Gasteiger partial charge in [0.15, 0.2) is 0 Å². The van der Waals surface area contributed by atoms with Crippen LogP contribution in [0.5, 0.6) is 5.75 Å². The summed E-state index contributed by atoms with van der Waals surface area (Å²) in [5.41, 5.74) is 6.09. The first-order valence-corrected chi connectivity index (χ1v) is 3.90. The molecule has 4 heteroatoms. The van der Waals surface area contributed by atoms with E-state index in [1.807, 2.05) is 0 Å². The van der Waals surface area contributed by atoms with Gasteiger partial charge in [-0.3, -0.25) is 0 Å². The van der Waals surface area contributed by atoms with Gasteiger partial charge in [-0.1, -0.05) is 18.1 Å². The summed E-state index contributed by atoms with van der Waals surface area (Å²) in [6.07, 6.45) is 5.09. The van der Waals surface area contributed by atoms with Gasteiger partial charge in [-0.2, -0.15) is 8.78 Å². The fourth-order valence-corrected chi connectivity index (χ4v) is 0.980. The number of terminal acetylenes is 1. The van der Waals surface area contributed by atoms with Crippen molar-refractivity contribution >= 4 is 0 Å². The van der Waals surface area contributed by atoms with Crippen LogP contribution < -0.4 is 10.5 Å². The minimum Gasteiger partial charge on any atom is -0.435 e. The first-order chi connectivity index (χ1) is 6.63. The highest BCUT2D eigenvalue weighted by molar-refractivity contribution is 5.33. The van der Waals surface area contributed by atoms with E-state index >= 15 is 0 Å². The maximum absolute atomic E-state index is 11.8. The fourth-order valence-electron chi connectivity index (χ4n) is 0.980. The Bertz CT molecular complexity index is 346. The van der Waals surface area contributed by atoms with Gasteiger partial charge < -0.3 is 10.5 Å². The first-order valence-electron chi connectivity index (χ1n) is 3.90. The molecule has 1 aromatic rings. The van der Waals surface area contributed by atoms with Gasteiger partial charge in [-0.15, -0.1) is 6.42 Å². The molecule has 2 nitrogen and oxygen atoms in total. The molecule has 1 atom stereocenters. The molecule has 0 amide bonds. The molecule has 0 radical (unpaired) electrons. The quantitative estimate of drug-likeness (QED) is 0.751. The minimum absolute atomic E-state index is 0.0585. The molecule has 1 aromatic carbocycles. The van der Waals surface area contributed by atoms with E-state index in [0.29, 0.717) is 5.56 Å². The molecule has 0 aliphatic carbocycles. The third-order valence-corrected chi connectivity index (χ3v) is 1.62. The lowest BCUT2D eigenvalue weighted by Gasteiger charge is -2.08. The number of ether oxygens (including phenoxy) is 1. The third kappa shape index (κ3) is 2.71. The van der Waals surface area contributed by atoms with Crippen LogP contribution in [-0.2, 0) is 0 Å². The van der Waals surface area contributed by atoms with Gasteiger partial charge in [0.1, 0.15) is 5.75 Å². The standard InChI is InChI=1S/C10H9F2NO/c1-2-9(13)7-4-3-5-8(6-7)14-10(11)12/h1,3-6,9-10H,13H2. The number of alkyl halides is 2. The first kappa shape index (κ1) is 10.5. The highest BCUT2D eigenvalue weighted by Crippen LogP contribution is 2.19. The molecule has 74 valence electrons. The molecule has 0 aromatic heterocycles. The average Bonchev–Trinajstić information content (AvgIpc) is 2.16. The Balaban J connectivity index is 2.85. The van der Waals surface area contributed by atoms with Crippen molar-refractivity contribution in [2.45, 2.75) is 12.7 Å². The molecule has 0 saturated carbocycles. The topological polar surface area (TPSA) is 35.2 Å². The molecule has 0 heterocycles. The molecule has 0 aliphatic heterocycles. The second kappa shape index (κ2) is 4.58. The molecular weight excluding hydrogens is 188 g/mol. The van der Waals surface area contributed by atoms with E-state index in [0.717, 1.165) is 0 Å². The molecule has 0 bridgehead atoms. The van der Waals surface area contributed by atoms with E-state index in [2.05, 4.69) is 10.7 Å². The maximum atomic E-state index is 11.8. The van der Waals surface area contributed by atoms with Crippen LogP contribution in [0, 0.1) is 12.3 Å². The van der Waals surface area contributed by atoms with Crippen LogP contribution in [0.2, 0.25) is 0 Å². The van der Waals surface area contributed by atoms with Crippen LogP contribution in [-0.4, -0.2) is 6.61 Å². The monoisotopic (exact) mass is 197 g/mol. The molecule has 1 rings (SSSR count). The molecule has 2 N–H and O–H groups in total. The zero-order valence-corrected chi connectivity index (χ0v) is 7.28. The molecule has 14 heavy (non-hydrogen) atoms. The van der Waals surface area contributed by atoms with Gasteiger partial charge in [-0.25, -0.2) is 0 Å². The van der Waals surface area contributed by atoms with E-state index < -0.39 is 12.7 Å². The van der Waals surface area contributed by atoms with Crippen LogP contribution in [0.1, 0.15) is 11.6 Å². The van der Waals surface area contributed by atoms with E-state index in [1.54, 1.807) is 12.1 Å². The Hall–Kier alpha value is -1.60. The average molecular weight is 197 g/mol. The summed E-state index contributed by atoms with van der Waals surface area (Å²) in [5.74, 6) is 2.35. The Kier molecular flexibility index (Phi) is 3.43. The summed E-state index contributed by atoms with van der Waals surface area (Å²) in [6, 6.07) is 5.43. The van der Waals surface area contributed by atoms with Crippen molar-refractivity contribution in [1.29, 1.82) is 0 Å². The van der Waals surface area contributed by atoms with Crippen molar-refractivity contribution in [3.8, 4) is 18.1 Å². The van der Waals surface area contributed by atoms with Crippen molar-refractivity contribution < 1.29 is 13.5 Å². The second-order valence-corrected chi connectivity index (χ2v) is 2.60. The second-order valence-electron chi connectivity index (χ2n) is 2.60. The number of hydrogen-bond acceptors (Lipinski definition) is 2. The number of benzene rings is 1. The van der Waals surface area contributed by atoms with E-state index in [4.69, 9.17) is 12.2 Å². The van der Waals surface area contributed by atoms with Gasteiger partial charge >= 0.3 is 6.61 Å². The minimum atomic E-state index is -2.84.